The molecular weight excluding hydrogens is 260 g/mol. The highest BCUT2D eigenvalue weighted by molar-refractivity contribution is 5.99. The molecule has 0 spiro atoms. The van der Waals surface area contributed by atoms with Gasteiger partial charge in [0, 0.05) is 12.1 Å². The maximum Gasteiger partial charge on any atom is 0.177 e. The molecule has 1 heterocycles. The number of likely N-dealkylation sites (N-methyl/N-ethyl adjacent to an activating group) is 1. The van der Waals surface area contributed by atoms with Gasteiger partial charge in [-0.2, -0.15) is 0 Å². The van der Waals surface area contributed by atoms with Crippen molar-refractivity contribution in [2.75, 3.05) is 40.3 Å². The summed E-state index contributed by atoms with van der Waals surface area (Å²) in [7, 11) is 4.26. The van der Waals surface area contributed by atoms with Crippen molar-refractivity contribution in [3.8, 4) is 0 Å². The topological polar surface area (TPSA) is 23.6 Å². The quantitative estimate of drug-likeness (QED) is 0.778. The number of piperidine rings is 1. The first kappa shape index (κ1) is 16.2. The maximum atomic E-state index is 12.5. The van der Waals surface area contributed by atoms with Gasteiger partial charge in [0.1, 0.15) is 0 Å². The van der Waals surface area contributed by atoms with Gasteiger partial charge in [0.25, 0.3) is 0 Å². The third-order valence-electron chi connectivity index (χ3n) is 4.52. The van der Waals surface area contributed by atoms with E-state index in [1.165, 1.54) is 25.9 Å². The second-order valence-electron chi connectivity index (χ2n) is 6.68. The van der Waals surface area contributed by atoms with Crippen LogP contribution in [0, 0.1) is 19.8 Å². The zero-order valence-electron chi connectivity index (χ0n) is 13.9. The lowest BCUT2D eigenvalue weighted by Gasteiger charge is -2.31. The molecule has 0 bridgehead atoms. The molecule has 0 aliphatic carbocycles. The normalized spacial score (nSPS) is 17.4. The van der Waals surface area contributed by atoms with Gasteiger partial charge >= 0.3 is 0 Å². The summed E-state index contributed by atoms with van der Waals surface area (Å²) in [6, 6.07) is 6.12. The minimum absolute atomic E-state index is 0.242. The van der Waals surface area contributed by atoms with Crippen LogP contribution in [0.3, 0.4) is 0 Å². The first-order valence-corrected chi connectivity index (χ1v) is 7.93. The highest BCUT2D eigenvalue weighted by Gasteiger charge is 2.19. The van der Waals surface area contributed by atoms with Crippen molar-refractivity contribution >= 4 is 5.78 Å². The standard InChI is InChI=1S/C18H28N2O/c1-14-5-6-15(2)17(11-14)18(21)13-20(4)12-16-7-9-19(3)10-8-16/h5-6,11,16H,7-10,12-13H2,1-4H3. The fourth-order valence-electron chi connectivity index (χ4n) is 3.12. The number of likely N-dealkylation sites (tertiary alicyclic amines) is 1. The fraction of sp³-hybridized carbons (Fsp3) is 0.611. The average Bonchev–Trinajstić information content (AvgIpc) is 2.44. The molecule has 2 rings (SSSR count). The van der Waals surface area contributed by atoms with Crippen molar-refractivity contribution in [3.63, 3.8) is 0 Å². The van der Waals surface area contributed by atoms with Gasteiger partial charge in [-0.1, -0.05) is 17.7 Å². The van der Waals surface area contributed by atoms with E-state index in [0.29, 0.717) is 6.54 Å². The molecule has 0 saturated carbocycles. The minimum Gasteiger partial charge on any atom is -0.306 e. The molecule has 1 aromatic carbocycles. The first-order chi connectivity index (χ1) is 9.95. The molecule has 21 heavy (non-hydrogen) atoms. The summed E-state index contributed by atoms with van der Waals surface area (Å²) in [5, 5.41) is 0. The van der Waals surface area contributed by atoms with Gasteiger partial charge in [-0.25, -0.2) is 0 Å². The van der Waals surface area contributed by atoms with Crippen molar-refractivity contribution in [2.45, 2.75) is 26.7 Å². The van der Waals surface area contributed by atoms with Crippen LogP contribution in [0.1, 0.15) is 34.3 Å². The van der Waals surface area contributed by atoms with Crippen LogP contribution in [0.4, 0.5) is 0 Å². The van der Waals surface area contributed by atoms with Crippen LogP contribution in [0.15, 0.2) is 18.2 Å². The van der Waals surface area contributed by atoms with Crippen molar-refractivity contribution in [1.29, 1.82) is 0 Å². The summed E-state index contributed by atoms with van der Waals surface area (Å²) >= 11 is 0. The Morgan fingerprint density at radius 3 is 2.62 bits per heavy atom. The molecule has 1 aliphatic heterocycles. The third-order valence-corrected chi connectivity index (χ3v) is 4.52. The Morgan fingerprint density at radius 2 is 1.95 bits per heavy atom. The molecule has 0 aromatic heterocycles. The zero-order valence-corrected chi connectivity index (χ0v) is 13.9. The van der Waals surface area contributed by atoms with Gasteiger partial charge in [-0.05, 0) is 71.4 Å². The largest absolute Gasteiger partial charge is 0.306 e. The highest BCUT2D eigenvalue weighted by atomic mass is 16.1. The monoisotopic (exact) mass is 288 g/mol. The predicted octanol–water partition coefficient (Wildman–Crippen LogP) is 2.76. The van der Waals surface area contributed by atoms with Crippen molar-refractivity contribution < 1.29 is 4.79 Å². The van der Waals surface area contributed by atoms with E-state index >= 15 is 0 Å². The van der Waals surface area contributed by atoms with Crippen LogP contribution in [-0.2, 0) is 0 Å². The van der Waals surface area contributed by atoms with Gasteiger partial charge in [-0.3, -0.25) is 9.69 Å². The maximum absolute atomic E-state index is 12.5. The van der Waals surface area contributed by atoms with Crippen LogP contribution in [-0.4, -0.2) is 55.9 Å². The summed E-state index contributed by atoms with van der Waals surface area (Å²) < 4.78 is 0. The smallest absolute Gasteiger partial charge is 0.177 e. The van der Waals surface area contributed by atoms with Crippen LogP contribution in [0.25, 0.3) is 0 Å². The van der Waals surface area contributed by atoms with E-state index < -0.39 is 0 Å². The number of nitrogens with zero attached hydrogens (tertiary/aromatic N) is 2. The molecule has 0 atom stereocenters. The van der Waals surface area contributed by atoms with Crippen molar-refractivity contribution in [3.05, 3.63) is 34.9 Å². The van der Waals surface area contributed by atoms with Crippen LogP contribution >= 0.6 is 0 Å². The molecular formula is C18H28N2O. The predicted molar refractivity (Wildman–Crippen MR) is 88.0 cm³/mol. The molecule has 3 heteroatoms. The Bertz CT molecular complexity index is 490. The molecule has 0 radical (unpaired) electrons. The van der Waals surface area contributed by atoms with Crippen molar-refractivity contribution in [2.24, 2.45) is 5.92 Å². The van der Waals surface area contributed by atoms with E-state index in [1.54, 1.807) is 0 Å². The first-order valence-electron chi connectivity index (χ1n) is 7.93. The summed E-state index contributed by atoms with van der Waals surface area (Å²) in [5.41, 5.74) is 3.12. The molecule has 1 aromatic rings. The van der Waals surface area contributed by atoms with Gasteiger partial charge in [0.15, 0.2) is 5.78 Å². The molecule has 0 unspecified atom stereocenters. The number of hydrogen-bond donors (Lipinski definition) is 0. The zero-order chi connectivity index (χ0) is 15.4. The Hall–Kier alpha value is -1.19. The third kappa shape index (κ3) is 4.65. The summed E-state index contributed by atoms with van der Waals surface area (Å²) in [4.78, 5) is 17.1. The average molecular weight is 288 g/mol. The summed E-state index contributed by atoms with van der Waals surface area (Å²) in [5.74, 6) is 0.976. The van der Waals surface area contributed by atoms with E-state index in [1.807, 2.05) is 26.0 Å². The highest BCUT2D eigenvalue weighted by Crippen LogP contribution is 2.17. The number of benzene rings is 1. The van der Waals surface area contributed by atoms with Crippen molar-refractivity contribution in [1.82, 2.24) is 9.80 Å². The lowest BCUT2D eigenvalue weighted by molar-refractivity contribution is 0.0924. The number of aryl methyl sites for hydroxylation is 2. The van der Waals surface area contributed by atoms with Gasteiger partial charge in [0.05, 0.1) is 6.54 Å². The van der Waals surface area contributed by atoms with E-state index in [4.69, 9.17) is 0 Å². The number of Topliss-reactive ketones (excluding diaryl/α,β-unsaturated/α-hetero) is 1. The molecule has 1 saturated heterocycles. The Balaban J connectivity index is 1.88. The second kappa shape index (κ2) is 7.19. The van der Waals surface area contributed by atoms with Crippen LogP contribution in [0.5, 0.6) is 0 Å². The summed E-state index contributed by atoms with van der Waals surface area (Å²) in [6.45, 7) is 7.98. The fourth-order valence-corrected chi connectivity index (χ4v) is 3.12. The van der Waals surface area contributed by atoms with Gasteiger partial charge in [0.2, 0.25) is 0 Å². The molecule has 3 nitrogen and oxygen atoms in total. The Morgan fingerprint density at radius 1 is 1.29 bits per heavy atom. The number of ketones is 1. The number of rotatable bonds is 5. The molecule has 0 amide bonds. The molecule has 1 aliphatic rings. The van der Waals surface area contributed by atoms with E-state index in [2.05, 4.69) is 30.0 Å². The van der Waals surface area contributed by atoms with E-state index in [9.17, 15) is 4.79 Å². The van der Waals surface area contributed by atoms with E-state index in [-0.39, 0.29) is 5.78 Å². The number of carbonyl (C=O) groups excluding carboxylic acids is 1. The molecule has 1 fully saturated rings. The van der Waals surface area contributed by atoms with E-state index in [0.717, 1.165) is 29.2 Å². The lowest BCUT2D eigenvalue weighted by atomic mass is 9.96. The SMILES string of the molecule is Cc1ccc(C)c(C(=O)CN(C)CC2CCN(C)CC2)c1. The number of carbonyl (C=O) groups is 1. The minimum atomic E-state index is 0.242. The lowest BCUT2D eigenvalue weighted by Crippen LogP contribution is -2.37. The Kier molecular flexibility index (Phi) is 5.54. The molecule has 0 N–H and O–H groups in total. The van der Waals surface area contributed by atoms with Gasteiger partial charge < -0.3 is 4.90 Å². The molecule has 116 valence electrons. The van der Waals surface area contributed by atoms with Gasteiger partial charge in [-0.15, -0.1) is 0 Å². The number of hydrogen-bond acceptors (Lipinski definition) is 3. The summed E-state index contributed by atoms with van der Waals surface area (Å²) in [6.07, 6.45) is 2.50. The second-order valence-corrected chi connectivity index (χ2v) is 6.68. The van der Waals surface area contributed by atoms with Crippen LogP contribution in [0.2, 0.25) is 0 Å². The Labute approximate surface area is 128 Å². The van der Waals surface area contributed by atoms with Crippen LogP contribution < -0.4 is 0 Å².